The van der Waals surface area contributed by atoms with Crippen LogP contribution in [0.25, 0.3) is 0 Å². The lowest BCUT2D eigenvalue weighted by Gasteiger charge is -2.32. The second-order valence-electron chi connectivity index (χ2n) is 7.83. The first-order valence-corrected chi connectivity index (χ1v) is 7.90. The zero-order valence-electron chi connectivity index (χ0n) is 15.0. The number of hydrogen-bond donors (Lipinski definition) is 0. The third-order valence-corrected chi connectivity index (χ3v) is 4.75. The van der Waals surface area contributed by atoms with E-state index in [4.69, 9.17) is 14.0 Å². The Morgan fingerprint density at radius 1 is 1.04 bits per heavy atom. The number of alkyl halides is 3. The monoisotopic (exact) mass is 344 g/mol. The van der Waals surface area contributed by atoms with Gasteiger partial charge in [-0.2, -0.15) is 13.2 Å². The fourth-order valence-corrected chi connectivity index (χ4v) is 2.08. The van der Waals surface area contributed by atoms with Crippen LogP contribution in [0.3, 0.4) is 0 Å². The molecule has 0 amide bonds. The first kappa shape index (κ1) is 19.1. The molecule has 1 aliphatic heterocycles. The maximum atomic E-state index is 12.9. The predicted octanol–water partition coefficient (Wildman–Crippen LogP) is 3.95. The summed E-state index contributed by atoms with van der Waals surface area (Å²) < 4.78 is 56.0. The van der Waals surface area contributed by atoms with Gasteiger partial charge in [0, 0.05) is 0 Å². The van der Waals surface area contributed by atoms with Crippen molar-refractivity contribution in [2.24, 2.45) is 5.41 Å². The molecule has 24 heavy (non-hydrogen) atoms. The number of rotatable bonds is 4. The molecule has 1 saturated heterocycles. The minimum atomic E-state index is -4.32. The van der Waals surface area contributed by atoms with Gasteiger partial charge in [-0.15, -0.1) is 0 Å². The van der Waals surface area contributed by atoms with Crippen LogP contribution < -0.4 is 10.2 Å². The van der Waals surface area contributed by atoms with Gasteiger partial charge in [-0.3, -0.25) is 0 Å². The number of halogens is 3. The lowest BCUT2D eigenvalue weighted by Crippen LogP contribution is -2.41. The molecule has 0 atom stereocenters. The second-order valence-corrected chi connectivity index (χ2v) is 7.83. The first-order chi connectivity index (χ1) is 10.8. The lowest BCUT2D eigenvalue weighted by molar-refractivity contribution is -0.219. The van der Waals surface area contributed by atoms with Gasteiger partial charge in [0.1, 0.15) is 12.4 Å². The quantitative estimate of drug-likeness (QED) is 0.774. The topological polar surface area (TPSA) is 27.7 Å². The average molecular weight is 344 g/mol. The molecule has 0 spiro atoms. The van der Waals surface area contributed by atoms with Gasteiger partial charge in [-0.25, -0.2) is 0 Å². The zero-order valence-corrected chi connectivity index (χ0v) is 15.0. The molecule has 2 rings (SSSR count). The Kier molecular flexibility index (Phi) is 4.74. The Morgan fingerprint density at radius 3 is 2.08 bits per heavy atom. The molecular weight excluding hydrogens is 320 g/mol. The van der Waals surface area contributed by atoms with Crippen LogP contribution in [-0.4, -0.2) is 31.1 Å². The minimum absolute atomic E-state index is 0.361. The van der Waals surface area contributed by atoms with Crippen molar-refractivity contribution in [3.05, 3.63) is 24.3 Å². The summed E-state index contributed by atoms with van der Waals surface area (Å²) in [6.45, 7) is 9.55. The largest absolute Gasteiger partial charge is 0.494 e. The molecule has 0 N–H and O–H groups in total. The molecule has 1 aromatic rings. The lowest BCUT2D eigenvalue weighted by atomic mass is 9.79. The summed E-state index contributed by atoms with van der Waals surface area (Å²) in [5.74, 6) is 0.361. The molecule has 1 heterocycles. The Labute approximate surface area is 141 Å². The van der Waals surface area contributed by atoms with Gasteiger partial charge in [0.25, 0.3) is 0 Å². The maximum Gasteiger partial charge on any atom is 0.494 e. The molecule has 3 nitrogen and oxygen atoms in total. The molecule has 0 radical (unpaired) electrons. The summed E-state index contributed by atoms with van der Waals surface area (Å²) in [5.41, 5.74) is -2.16. The van der Waals surface area contributed by atoms with Crippen molar-refractivity contribution in [2.75, 3.05) is 6.61 Å². The molecule has 0 aliphatic carbocycles. The average Bonchev–Trinajstić information content (AvgIpc) is 2.64. The van der Waals surface area contributed by atoms with E-state index in [9.17, 15) is 13.2 Å². The van der Waals surface area contributed by atoms with Gasteiger partial charge in [-0.1, -0.05) is 12.1 Å². The van der Waals surface area contributed by atoms with Gasteiger partial charge < -0.3 is 14.0 Å². The van der Waals surface area contributed by atoms with E-state index in [2.05, 4.69) is 0 Å². The molecule has 1 aromatic carbocycles. The van der Waals surface area contributed by atoms with E-state index in [-0.39, 0.29) is 0 Å². The van der Waals surface area contributed by atoms with Gasteiger partial charge >= 0.3 is 13.3 Å². The third kappa shape index (κ3) is 3.72. The Hall–Kier alpha value is -1.21. The Morgan fingerprint density at radius 2 is 1.58 bits per heavy atom. The van der Waals surface area contributed by atoms with Crippen molar-refractivity contribution in [3.63, 3.8) is 0 Å². The minimum Gasteiger partial charge on any atom is -0.493 e. The molecule has 0 bridgehead atoms. The van der Waals surface area contributed by atoms with E-state index >= 15 is 0 Å². The summed E-state index contributed by atoms with van der Waals surface area (Å²) in [7, 11) is -0.575. The molecule has 1 fully saturated rings. The highest BCUT2D eigenvalue weighted by Gasteiger charge is 2.52. The van der Waals surface area contributed by atoms with E-state index in [1.54, 1.807) is 18.2 Å². The Balaban J connectivity index is 2.11. The van der Waals surface area contributed by atoms with Crippen LogP contribution in [0, 0.1) is 5.41 Å². The summed E-state index contributed by atoms with van der Waals surface area (Å²) in [5, 5.41) is 0. The molecule has 0 unspecified atom stereocenters. The molecule has 7 heteroatoms. The number of benzene rings is 1. The third-order valence-electron chi connectivity index (χ3n) is 4.75. The smallest absolute Gasteiger partial charge is 0.493 e. The van der Waals surface area contributed by atoms with Gasteiger partial charge in [0.05, 0.1) is 16.6 Å². The van der Waals surface area contributed by atoms with Crippen LogP contribution in [0.4, 0.5) is 13.2 Å². The molecule has 0 saturated carbocycles. The van der Waals surface area contributed by atoms with Crippen LogP contribution in [0.5, 0.6) is 5.75 Å². The first-order valence-electron chi connectivity index (χ1n) is 7.90. The van der Waals surface area contributed by atoms with Crippen LogP contribution in [0.15, 0.2) is 24.3 Å². The second kappa shape index (κ2) is 5.95. The Bertz CT molecular complexity index is 581. The van der Waals surface area contributed by atoms with Crippen molar-refractivity contribution in [3.8, 4) is 5.75 Å². The molecule has 0 aromatic heterocycles. The van der Waals surface area contributed by atoms with Crippen molar-refractivity contribution in [2.45, 2.75) is 58.9 Å². The van der Waals surface area contributed by atoms with Crippen LogP contribution in [-0.2, 0) is 9.31 Å². The highest BCUT2D eigenvalue weighted by Crippen LogP contribution is 2.38. The van der Waals surface area contributed by atoms with E-state index in [0.717, 1.165) is 19.3 Å². The highest BCUT2D eigenvalue weighted by atomic mass is 19.4. The number of hydrogen-bond acceptors (Lipinski definition) is 3. The van der Waals surface area contributed by atoms with Crippen LogP contribution >= 0.6 is 0 Å². The standard InChI is InChI=1S/C17H24BF3O3/c1-14(2,17(19,20)21)11-22-13-9-7-8-12(10-13)18-23-15(3,4)16(5,6)24-18/h7-10H,11H2,1-6H3. The van der Waals surface area contributed by atoms with Crippen molar-refractivity contribution in [1.29, 1.82) is 0 Å². The highest BCUT2D eigenvalue weighted by molar-refractivity contribution is 6.62. The van der Waals surface area contributed by atoms with Gasteiger partial charge in [-0.05, 0) is 59.1 Å². The fourth-order valence-electron chi connectivity index (χ4n) is 2.08. The summed E-state index contributed by atoms with van der Waals surface area (Å²) in [6, 6.07) is 6.82. The molecular formula is C17H24BF3O3. The van der Waals surface area contributed by atoms with Crippen LogP contribution in [0.1, 0.15) is 41.5 Å². The van der Waals surface area contributed by atoms with Crippen molar-refractivity contribution >= 4 is 12.6 Å². The van der Waals surface area contributed by atoms with E-state index in [1.165, 1.54) is 0 Å². The fraction of sp³-hybridized carbons (Fsp3) is 0.647. The summed E-state index contributed by atoms with van der Waals surface area (Å²) >= 11 is 0. The van der Waals surface area contributed by atoms with E-state index in [1.807, 2.05) is 33.8 Å². The van der Waals surface area contributed by atoms with Crippen molar-refractivity contribution in [1.82, 2.24) is 0 Å². The summed E-state index contributed by atoms with van der Waals surface area (Å²) in [4.78, 5) is 0. The van der Waals surface area contributed by atoms with Gasteiger partial charge in [0.2, 0.25) is 0 Å². The molecule has 1 aliphatic rings. The van der Waals surface area contributed by atoms with Crippen LogP contribution in [0.2, 0.25) is 0 Å². The predicted molar refractivity (Wildman–Crippen MR) is 87.5 cm³/mol. The van der Waals surface area contributed by atoms with Crippen molar-refractivity contribution < 1.29 is 27.2 Å². The maximum absolute atomic E-state index is 12.9. The SMILES string of the molecule is CC(C)(COc1cccc(B2OC(C)(C)C(C)(C)O2)c1)C(F)(F)F. The number of ether oxygens (including phenoxy) is 1. The molecule has 134 valence electrons. The van der Waals surface area contributed by atoms with E-state index in [0.29, 0.717) is 5.75 Å². The van der Waals surface area contributed by atoms with E-state index < -0.39 is 36.5 Å². The summed E-state index contributed by atoms with van der Waals surface area (Å²) in [6.07, 6.45) is -4.32. The zero-order chi connectivity index (χ0) is 18.4. The normalized spacial score (nSPS) is 20.3. The van der Waals surface area contributed by atoms with Gasteiger partial charge in [0.15, 0.2) is 0 Å².